The molecule has 1 nitrogen and oxygen atoms in total. The molecule has 0 unspecified atom stereocenters. The number of rotatable bonds is 7. The smallest absolute Gasteiger partial charge is 0.0324 e. The molecule has 0 aromatic rings. The number of hydrogen-bond acceptors (Lipinski definition) is 1. The molecule has 0 heterocycles. The van der Waals surface area contributed by atoms with Gasteiger partial charge in [0.2, 0.25) is 0 Å². The Morgan fingerprint density at radius 1 is 1.23 bits per heavy atom. The summed E-state index contributed by atoms with van der Waals surface area (Å²) in [5.41, 5.74) is 5.05. The van der Waals surface area contributed by atoms with E-state index in [4.69, 9.17) is 0 Å². The van der Waals surface area contributed by atoms with Crippen LogP contribution in [0.2, 0.25) is 0 Å². The molecule has 0 amide bonds. The summed E-state index contributed by atoms with van der Waals surface area (Å²) in [4.78, 5) is 3.77. The van der Waals surface area contributed by atoms with Crippen molar-refractivity contribution < 1.29 is 0 Å². The fourth-order valence-electron chi connectivity index (χ4n) is 1.06. The maximum absolute atomic E-state index is 3.77. The molecule has 0 rings (SSSR count). The van der Waals surface area contributed by atoms with E-state index in [0.717, 1.165) is 25.0 Å². The number of hydrogen-bond donors (Lipinski definition) is 0. The summed E-state index contributed by atoms with van der Waals surface area (Å²) in [6, 6.07) is 0. The molecular weight excluding hydrogens is 158 g/mol. The summed E-state index contributed by atoms with van der Waals surface area (Å²) in [5, 5.41) is 0. The molecule has 0 aromatic carbocycles. The highest BCUT2D eigenvalue weighted by molar-refractivity contribution is 5.27. The predicted octanol–water partition coefficient (Wildman–Crippen LogP) is 3.88. The van der Waals surface area contributed by atoms with Gasteiger partial charge in [-0.2, -0.15) is 0 Å². The first kappa shape index (κ1) is 11.9. The Morgan fingerprint density at radius 3 is 2.38 bits per heavy atom. The number of unbranched alkanes of at least 4 members (excludes halogenated alkanes) is 2. The zero-order valence-corrected chi connectivity index (χ0v) is 8.60. The van der Waals surface area contributed by atoms with Crippen LogP contribution in [0.4, 0.5) is 0 Å². The van der Waals surface area contributed by atoms with Crippen molar-refractivity contribution in [3.8, 4) is 0 Å². The van der Waals surface area contributed by atoms with E-state index in [0.29, 0.717) is 0 Å². The van der Waals surface area contributed by atoms with Crippen molar-refractivity contribution in [3.63, 3.8) is 0 Å². The van der Waals surface area contributed by atoms with Gasteiger partial charge in [-0.05, 0) is 44.9 Å². The Labute approximate surface area is 81.6 Å². The largest absolute Gasteiger partial charge is 0.270 e. The predicted molar refractivity (Wildman–Crippen MR) is 60.1 cm³/mol. The van der Waals surface area contributed by atoms with Crippen LogP contribution in [-0.4, -0.2) is 6.72 Å². The van der Waals surface area contributed by atoms with E-state index in [1.54, 1.807) is 0 Å². The highest BCUT2D eigenvalue weighted by atomic mass is 14.7. The van der Waals surface area contributed by atoms with Crippen LogP contribution < -0.4 is 0 Å². The lowest BCUT2D eigenvalue weighted by Crippen LogP contribution is -1.81. The minimum atomic E-state index is 0.899. The number of aliphatic imine (C=N–C) groups is 1. The van der Waals surface area contributed by atoms with Gasteiger partial charge in [0.25, 0.3) is 0 Å². The van der Waals surface area contributed by atoms with E-state index in [1.807, 2.05) is 0 Å². The Morgan fingerprint density at radius 2 is 1.85 bits per heavy atom. The highest BCUT2D eigenvalue weighted by Crippen LogP contribution is 2.11. The van der Waals surface area contributed by atoms with Gasteiger partial charge in [-0.15, -0.1) is 5.73 Å². The van der Waals surface area contributed by atoms with Crippen LogP contribution in [0, 0.1) is 0 Å². The molecule has 13 heavy (non-hydrogen) atoms. The molecule has 0 spiro atoms. The second kappa shape index (κ2) is 7.57. The molecule has 0 aromatic heterocycles. The van der Waals surface area contributed by atoms with Crippen LogP contribution in [0.25, 0.3) is 0 Å². The second-order valence-corrected chi connectivity index (χ2v) is 3.24. The summed E-state index contributed by atoms with van der Waals surface area (Å²) in [7, 11) is 0. The Kier molecular flexibility index (Phi) is 6.95. The molecule has 0 saturated carbocycles. The van der Waals surface area contributed by atoms with Gasteiger partial charge in [-0.1, -0.05) is 19.6 Å². The second-order valence-electron chi connectivity index (χ2n) is 3.24. The fraction of sp³-hybridized carbons (Fsp3) is 0.500. The lowest BCUT2D eigenvalue weighted by atomic mass is 10.1. The monoisotopic (exact) mass is 177 g/mol. The number of nitrogens with zero attached hydrogens (tertiary/aromatic N) is 1. The SMILES string of the molecule is C=C=C(C)CCCCCC(=C)N=C. The van der Waals surface area contributed by atoms with Crippen molar-refractivity contribution in [1.29, 1.82) is 0 Å². The van der Waals surface area contributed by atoms with Crippen molar-refractivity contribution in [2.45, 2.75) is 39.0 Å². The normalized spacial score (nSPS) is 9.00. The molecule has 0 atom stereocenters. The first-order chi connectivity index (χ1) is 6.20. The average molecular weight is 177 g/mol. The minimum absolute atomic E-state index is 0.899. The molecule has 0 bridgehead atoms. The molecule has 0 aliphatic heterocycles. The van der Waals surface area contributed by atoms with Crippen LogP contribution in [0.15, 0.2) is 35.2 Å². The van der Waals surface area contributed by atoms with Gasteiger partial charge in [0.1, 0.15) is 0 Å². The van der Waals surface area contributed by atoms with Crippen molar-refractivity contribution in [2.75, 3.05) is 0 Å². The third kappa shape index (κ3) is 7.30. The van der Waals surface area contributed by atoms with E-state index < -0.39 is 0 Å². The topological polar surface area (TPSA) is 12.4 Å². The third-order valence-electron chi connectivity index (χ3n) is 2.04. The molecular formula is C12H19N. The summed E-state index contributed by atoms with van der Waals surface area (Å²) in [6.45, 7) is 12.9. The molecule has 1 heteroatoms. The van der Waals surface area contributed by atoms with E-state index in [1.165, 1.54) is 18.4 Å². The standard InChI is InChI=1S/C12H19N/c1-5-11(2)9-7-6-8-10-12(3)13-4/h1,3-4,6-10H2,2H3. The Bertz CT molecular complexity index is 219. The molecule has 0 aliphatic carbocycles. The summed E-state index contributed by atoms with van der Waals surface area (Å²) < 4.78 is 0. The average Bonchev–Trinajstić information content (AvgIpc) is 2.16. The highest BCUT2D eigenvalue weighted by Gasteiger charge is 1.92. The first-order valence-electron chi connectivity index (χ1n) is 4.70. The van der Waals surface area contributed by atoms with E-state index in [9.17, 15) is 0 Å². The van der Waals surface area contributed by atoms with Gasteiger partial charge in [-0.25, -0.2) is 0 Å². The van der Waals surface area contributed by atoms with Crippen LogP contribution in [0.1, 0.15) is 39.0 Å². The summed E-state index contributed by atoms with van der Waals surface area (Å²) in [5.74, 6) is 0. The van der Waals surface area contributed by atoms with Crippen molar-refractivity contribution in [1.82, 2.24) is 0 Å². The van der Waals surface area contributed by atoms with Gasteiger partial charge in [0.15, 0.2) is 0 Å². The Balaban J connectivity index is 3.32. The maximum Gasteiger partial charge on any atom is 0.0324 e. The summed E-state index contributed by atoms with van der Waals surface area (Å²) >= 11 is 0. The Hall–Kier alpha value is -1.07. The lowest BCUT2D eigenvalue weighted by molar-refractivity contribution is 0.672. The molecule has 72 valence electrons. The maximum atomic E-state index is 3.77. The molecule has 0 fully saturated rings. The van der Waals surface area contributed by atoms with Crippen LogP contribution in [0.5, 0.6) is 0 Å². The number of allylic oxidation sites excluding steroid dienone is 2. The van der Waals surface area contributed by atoms with E-state index in [2.05, 4.69) is 37.5 Å². The lowest BCUT2D eigenvalue weighted by Gasteiger charge is -2.00. The first-order valence-corrected chi connectivity index (χ1v) is 4.70. The van der Waals surface area contributed by atoms with Gasteiger partial charge < -0.3 is 0 Å². The van der Waals surface area contributed by atoms with Crippen molar-refractivity contribution >= 4 is 6.72 Å². The van der Waals surface area contributed by atoms with E-state index >= 15 is 0 Å². The zero-order valence-electron chi connectivity index (χ0n) is 8.60. The van der Waals surface area contributed by atoms with Gasteiger partial charge in [-0.3, -0.25) is 4.99 Å². The molecule has 0 aliphatic rings. The fourth-order valence-corrected chi connectivity index (χ4v) is 1.06. The van der Waals surface area contributed by atoms with Crippen molar-refractivity contribution in [3.05, 3.63) is 30.2 Å². The van der Waals surface area contributed by atoms with Gasteiger partial charge >= 0.3 is 0 Å². The molecule has 0 N–H and O–H groups in total. The van der Waals surface area contributed by atoms with Crippen molar-refractivity contribution in [2.24, 2.45) is 4.99 Å². The summed E-state index contributed by atoms with van der Waals surface area (Å²) in [6.07, 6.45) is 5.66. The van der Waals surface area contributed by atoms with Crippen LogP contribution in [-0.2, 0) is 0 Å². The quantitative estimate of drug-likeness (QED) is 0.318. The van der Waals surface area contributed by atoms with Crippen LogP contribution in [0.3, 0.4) is 0 Å². The minimum Gasteiger partial charge on any atom is -0.270 e. The van der Waals surface area contributed by atoms with E-state index in [-0.39, 0.29) is 0 Å². The molecule has 0 radical (unpaired) electrons. The van der Waals surface area contributed by atoms with Gasteiger partial charge in [0.05, 0.1) is 0 Å². The zero-order chi connectivity index (χ0) is 10.1. The van der Waals surface area contributed by atoms with Crippen LogP contribution >= 0.6 is 0 Å². The molecule has 0 saturated heterocycles. The van der Waals surface area contributed by atoms with Gasteiger partial charge in [0, 0.05) is 5.70 Å². The third-order valence-corrected chi connectivity index (χ3v) is 2.04.